The molecule has 1 aliphatic heterocycles. The lowest BCUT2D eigenvalue weighted by Crippen LogP contribution is -2.31. The Kier molecular flexibility index (Phi) is 9.99. The van der Waals surface area contributed by atoms with Gasteiger partial charge in [0, 0.05) is 44.9 Å². The van der Waals surface area contributed by atoms with Gasteiger partial charge in [0.25, 0.3) is 0 Å². The number of ether oxygens (including phenoxy) is 1. The van der Waals surface area contributed by atoms with Crippen molar-refractivity contribution in [2.45, 2.75) is 26.3 Å². The molecule has 0 saturated carbocycles. The van der Waals surface area contributed by atoms with Crippen LogP contribution in [-0.2, 0) is 20.9 Å². The minimum Gasteiger partial charge on any atom is -0.478 e. The number of hydrogen-bond acceptors (Lipinski definition) is 6. The highest BCUT2D eigenvalue weighted by molar-refractivity contribution is 5.89. The van der Waals surface area contributed by atoms with Crippen molar-refractivity contribution in [2.24, 2.45) is 0 Å². The molecule has 170 valence electrons. The molecule has 2 aromatic rings. The Balaban J connectivity index is 0.000000366. The van der Waals surface area contributed by atoms with Crippen LogP contribution in [0.5, 0.6) is 0 Å². The van der Waals surface area contributed by atoms with Crippen molar-refractivity contribution in [3.63, 3.8) is 0 Å². The van der Waals surface area contributed by atoms with E-state index >= 15 is 0 Å². The lowest BCUT2D eigenvalue weighted by molar-refractivity contribution is -0.134. The van der Waals surface area contributed by atoms with Crippen LogP contribution in [0.3, 0.4) is 0 Å². The van der Waals surface area contributed by atoms with Gasteiger partial charge in [0.2, 0.25) is 5.95 Å². The molecule has 1 fully saturated rings. The van der Waals surface area contributed by atoms with Crippen LogP contribution in [0.4, 0.5) is 5.95 Å². The van der Waals surface area contributed by atoms with Gasteiger partial charge in [-0.2, -0.15) is 0 Å². The van der Waals surface area contributed by atoms with Crippen LogP contribution in [0, 0.1) is 0 Å². The predicted octanol–water partition coefficient (Wildman–Crippen LogP) is 2.32. The Labute approximate surface area is 182 Å². The third-order valence-corrected chi connectivity index (χ3v) is 4.81. The van der Waals surface area contributed by atoms with Crippen LogP contribution in [0.25, 0.3) is 11.0 Å². The van der Waals surface area contributed by atoms with Gasteiger partial charge in [0.15, 0.2) is 0 Å². The monoisotopic (exact) mass is 432 g/mol. The van der Waals surface area contributed by atoms with Gasteiger partial charge < -0.3 is 29.3 Å². The number of aliphatic carboxylic acids is 2. The predicted molar refractivity (Wildman–Crippen MR) is 120 cm³/mol. The van der Waals surface area contributed by atoms with Gasteiger partial charge in [-0.3, -0.25) is 0 Å². The van der Waals surface area contributed by atoms with E-state index in [2.05, 4.69) is 52.6 Å². The van der Waals surface area contributed by atoms with Crippen LogP contribution in [0.1, 0.15) is 19.8 Å². The molecular formula is C22H32N4O5. The van der Waals surface area contributed by atoms with Crippen molar-refractivity contribution in [2.75, 3.05) is 51.3 Å². The van der Waals surface area contributed by atoms with Crippen molar-refractivity contribution >= 4 is 28.9 Å². The second-order valence-corrected chi connectivity index (χ2v) is 7.32. The fraction of sp³-hybridized carbons (Fsp3) is 0.500. The minimum absolute atomic E-state index is 0.558. The fourth-order valence-corrected chi connectivity index (χ4v) is 3.32. The highest BCUT2D eigenvalue weighted by atomic mass is 16.5. The number of nitrogens with zero attached hydrogens (tertiary/aromatic N) is 4. The molecule has 1 aromatic carbocycles. The Hall–Kier alpha value is -2.91. The minimum atomic E-state index is -1.26. The van der Waals surface area contributed by atoms with E-state index < -0.39 is 11.9 Å². The molecule has 31 heavy (non-hydrogen) atoms. The number of likely N-dealkylation sites (N-methyl/N-ethyl adjacent to an activating group) is 1. The highest BCUT2D eigenvalue weighted by Crippen LogP contribution is 2.23. The number of rotatable bonds is 8. The fourth-order valence-electron chi connectivity index (χ4n) is 3.32. The molecule has 0 spiro atoms. The summed E-state index contributed by atoms with van der Waals surface area (Å²) in [5.74, 6) is -1.42. The standard InChI is InChI=1S/C18H28N4O.C4H4O4/c1-3-14-23-15-13-22-17-8-5-4-7-16(17)19-18(22)21-10-6-9-20(2)11-12-21;5-3(6)1-2-4(7)8/h4-5,7-8H,3,6,9-15H2,1-2H3;1-2H,(H,5,6)(H,7,8)/b;2-1+. The lowest BCUT2D eigenvalue weighted by Gasteiger charge is -2.23. The second-order valence-electron chi connectivity index (χ2n) is 7.32. The van der Waals surface area contributed by atoms with Gasteiger partial charge in [0.1, 0.15) is 0 Å². The quantitative estimate of drug-likeness (QED) is 0.483. The highest BCUT2D eigenvalue weighted by Gasteiger charge is 2.19. The van der Waals surface area contributed by atoms with Crippen molar-refractivity contribution in [3.05, 3.63) is 36.4 Å². The normalized spacial score (nSPS) is 15.0. The maximum absolute atomic E-state index is 9.55. The number of para-hydroxylation sites is 2. The smallest absolute Gasteiger partial charge is 0.328 e. The maximum atomic E-state index is 9.55. The number of aromatic nitrogens is 2. The third kappa shape index (κ3) is 8.03. The molecule has 0 aliphatic carbocycles. The Morgan fingerprint density at radius 3 is 2.45 bits per heavy atom. The molecule has 0 unspecified atom stereocenters. The molecule has 0 radical (unpaired) electrons. The van der Waals surface area contributed by atoms with E-state index in [0.29, 0.717) is 12.2 Å². The van der Waals surface area contributed by atoms with Gasteiger partial charge >= 0.3 is 11.9 Å². The van der Waals surface area contributed by atoms with Gasteiger partial charge in [-0.05, 0) is 38.6 Å². The largest absolute Gasteiger partial charge is 0.478 e. The molecule has 2 N–H and O–H groups in total. The zero-order chi connectivity index (χ0) is 22.6. The molecule has 2 heterocycles. The average Bonchev–Trinajstić information content (AvgIpc) is 2.96. The maximum Gasteiger partial charge on any atom is 0.328 e. The molecule has 0 amide bonds. The molecule has 1 aromatic heterocycles. The van der Waals surface area contributed by atoms with E-state index in [-0.39, 0.29) is 0 Å². The first-order chi connectivity index (χ1) is 14.9. The molecule has 9 heteroatoms. The van der Waals surface area contributed by atoms with Crippen molar-refractivity contribution in [3.8, 4) is 0 Å². The van der Waals surface area contributed by atoms with E-state index in [1.165, 1.54) is 11.9 Å². The summed E-state index contributed by atoms with van der Waals surface area (Å²) in [6, 6.07) is 8.42. The zero-order valence-electron chi connectivity index (χ0n) is 18.2. The number of anilines is 1. The van der Waals surface area contributed by atoms with Crippen molar-refractivity contribution < 1.29 is 24.5 Å². The van der Waals surface area contributed by atoms with Crippen LogP contribution in [-0.4, -0.2) is 83.0 Å². The van der Waals surface area contributed by atoms with Crippen LogP contribution in [0.2, 0.25) is 0 Å². The SMILES string of the molecule is CCCOCCn1c(N2CCCN(C)CC2)nc2ccccc21.O=C(O)/C=C/C(=O)O. The molecule has 1 saturated heterocycles. The molecular weight excluding hydrogens is 400 g/mol. The van der Waals surface area contributed by atoms with Gasteiger partial charge in [0.05, 0.1) is 17.6 Å². The summed E-state index contributed by atoms with van der Waals surface area (Å²) in [6.07, 6.45) is 3.37. The first-order valence-electron chi connectivity index (χ1n) is 10.5. The number of carboxylic acids is 2. The van der Waals surface area contributed by atoms with Gasteiger partial charge in [-0.25, -0.2) is 14.6 Å². The van der Waals surface area contributed by atoms with Crippen LogP contribution >= 0.6 is 0 Å². The van der Waals surface area contributed by atoms with E-state index in [0.717, 1.165) is 63.8 Å². The second kappa shape index (κ2) is 12.7. The number of carbonyl (C=O) groups is 2. The summed E-state index contributed by atoms with van der Waals surface area (Å²) in [4.78, 5) is 28.9. The van der Waals surface area contributed by atoms with Crippen LogP contribution in [0.15, 0.2) is 36.4 Å². The first-order valence-corrected chi connectivity index (χ1v) is 10.5. The van der Waals surface area contributed by atoms with Gasteiger partial charge in [-0.15, -0.1) is 0 Å². The molecule has 1 aliphatic rings. The summed E-state index contributed by atoms with van der Waals surface area (Å²) >= 11 is 0. The Morgan fingerprint density at radius 1 is 1.06 bits per heavy atom. The zero-order valence-corrected chi connectivity index (χ0v) is 18.2. The lowest BCUT2D eigenvalue weighted by atomic mass is 10.3. The van der Waals surface area contributed by atoms with E-state index in [1.807, 2.05) is 0 Å². The van der Waals surface area contributed by atoms with Crippen molar-refractivity contribution in [1.29, 1.82) is 0 Å². The molecule has 0 atom stereocenters. The Bertz CT molecular complexity index is 864. The number of imidazole rings is 1. The Morgan fingerprint density at radius 2 is 1.77 bits per heavy atom. The summed E-state index contributed by atoms with van der Waals surface area (Å²) < 4.78 is 8.04. The molecule has 9 nitrogen and oxygen atoms in total. The van der Waals surface area contributed by atoms with E-state index in [1.54, 1.807) is 0 Å². The first kappa shape index (κ1) is 24.4. The van der Waals surface area contributed by atoms with E-state index in [4.69, 9.17) is 19.9 Å². The number of benzene rings is 1. The van der Waals surface area contributed by atoms with Crippen molar-refractivity contribution in [1.82, 2.24) is 14.5 Å². The van der Waals surface area contributed by atoms with E-state index in [9.17, 15) is 9.59 Å². The molecule has 0 bridgehead atoms. The average molecular weight is 433 g/mol. The number of hydrogen-bond donors (Lipinski definition) is 2. The topological polar surface area (TPSA) is 108 Å². The van der Waals surface area contributed by atoms with Crippen LogP contribution < -0.4 is 4.90 Å². The summed E-state index contributed by atoms with van der Waals surface area (Å²) in [5.41, 5.74) is 2.29. The summed E-state index contributed by atoms with van der Waals surface area (Å²) in [7, 11) is 2.20. The number of fused-ring (bicyclic) bond motifs is 1. The molecule has 3 rings (SSSR count). The summed E-state index contributed by atoms with van der Waals surface area (Å²) in [5, 5.41) is 15.6. The third-order valence-electron chi connectivity index (χ3n) is 4.81. The summed E-state index contributed by atoms with van der Waals surface area (Å²) in [6.45, 7) is 8.95. The number of carboxylic acid groups (broad SMARTS) is 2. The van der Waals surface area contributed by atoms with Gasteiger partial charge in [-0.1, -0.05) is 19.1 Å².